The van der Waals surface area contributed by atoms with Crippen LogP contribution in [0.25, 0.3) is 11.3 Å². The molecule has 33 heavy (non-hydrogen) atoms. The molecule has 1 aliphatic carbocycles. The Morgan fingerprint density at radius 1 is 1.18 bits per heavy atom. The van der Waals surface area contributed by atoms with Crippen LogP contribution in [0.5, 0.6) is 11.5 Å². The van der Waals surface area contributed by atoms with Gasteiger partial charge in [-0.3, -0.25) is 14.3 Å². The van der Waals surface area contributed by atoms with Crippen molar-refractivity contribution in [1.82, 2.24) is 15.1 Å². The number of rotatable bonds is 13. The highest BCUT2D eigenvalue weighted by Crippen LogP contribution is 2.39. The molecule has 2 N–H and O–H groups in total. The average molecular weight is 458 g/mol. The number of aromatic nitrogens is 2. The molecule has 3 rings (SSSR count). The first-order chi connectivity index (χ1) is 15.8. The number of aliphatic carboxylic acids is 1. The molecule has 8 heteroatoms. The van der Waals surface area contributed by atoms with Gasteiger partial charge in [0.15, 0.2) is 5.69 Å². The number of carbonyl (C=O) groups is 2. The quantitative estimate of drug-likeness (QED) is 0.463. The van der Waals surface area contributed by atoms with E-state index in [1.165, 1.54) is 12.8 Å². The van der Waals surface area contributed by atoms with Crippen molar-refractivity contribution in [3.63, 3.8) is 0 Å². The van der Waals surface area contributed by atoms with E-state index in [0.717, 1.165) is 24.1 Å². The van der Waals surface area contributed by atoms with Gasteiger partial charge in [-0.2, -0.15) is 5.10 Å². The normalized spacial score (nSPS) is 14.2. The van der Waals surface area contributed by atoms with Gasteiger partial charge < -0.3 is 19.9 Å². The van der Waals surface area contributed by atoms with E-state index in [1.54, 1.807) is 20.3 Å². The van der Waals surface area contributed by atoms with Crippen molar-refractivity contribution in [1.29, 1.82) is 0 Å². The second kappa shape index (κ2) is 11.2. The number of amides is 1. The Labute approximate surface area is 195 Å². The molecule has 0 spiro atoms. The standard InChI is InChI=1S/C25H35N3O5/c1-16(2)8-11-18(14-23(29)30)26-25(31)19-15-20(28(27-19)13-12-17-9-10-17)24-21(32-3)6-5-7-22(24)33-4/h5-7,15-18H,8-14H2,1-4H3,(H,26,31)(H,29,30)/t18-/m0/s1. The summed E-state index contributed by atoms with van der Waals surface area (Å²) in [5.74, 6) is 1.09. The van der Waals surface area contributed by atoms with Crippen LogP contribution in [0.3, 0.4) is 0 Å². The molecule has 1 aromatic heterocycles. The van der Waals surface area contributed by atoms with Gasteiger partial charge >= 0.3 is 5.97 Å². The van der Waals surface area contributed by atoms with E-state index < -0.39 is 12.0 Å². The summed E-state index contributed by atoms with van der Waals surface area (Å²) < 4.78 is 13.0. The summed E-state index contributed by atoms with van der Waals surface area (Å²) >= 11 is 0. The lowest BCUT2D eigenvalue weighted by atomic mass is 10.0. The van der Waals surface area contributed by atoms with E-state index in [4.69, 9.17) is 9.47 Å². The molecule has 1 aromatic carbocycles. The van der Waals surface area contributed by atoms with Crippen LogP contribution >= 0.6 is 0 Å². The number of carbonyl (C=O) groups excluding carboxylic acids is 1. The van der Waals surface area contributed by atoms with E-state index in [-0.39, 0.29) is 18.0 Å². The molecule has 0 saturated heterocycles. The molecule has 180 valence electrons. The number of hydrogen-bond donors (Lipinski definition) is 2. The lowest BCUT2D eigenvalue weighted by Crippen LogP contribution is -2.37. The van der Waals surface area contributed by atoms with Crippen LogP contribution in [0, 0.1) is 11.8 Å². The Morgan fingerprint density at radius 2 is 1.85 bits per heavy atom. The van der Waals surface area contributed by atoms with Crippen LogP contribution in [0.1, 0.15) is 62.9 Å². The van der Waals surface area contributed by atoms with Gasteiger partial charge in [0.2, 0.25) is 0 Å². The minimum Gasteiger partial charge on any atom is -0.496 e. The molecule has 8 nitrogen and oxygen atoms in total. The third kappa shape index (κ3) is 6.73. The van der Waals surface area contributed by atoms with Crippen LogP contribution in [0.4, 0.5) is 0 Å². The maximum Gasteiger partial charge on any atom is 0.305 e. The zero-order chi connectivity index (χ0) is 24.0. The summed E-state index contributed by atoms with van der Waals surface area (Å²) in [5.41, 5.74) is 1.74. The number of carboxylic acids is 1. The predicted molar refractivity (Wildman–Crippen MR) is 126 cm³/mol. The van der Waals surface area contributed by atoms with Crippen LogP contribution in [-0.4, -0.2) is 47.0 Å². The van der Waals surface area contributed by atoms with Crippen molar-refractivity contribution >= 4 is 11.9 Å². The molecule has 2 aromatic rings. The van der Waals surface area contributed by atoms with E-state index in [9.17, 15) is 14.7 Å². The zero-order valence-corrected chi connectivity index (χ0v) is 20.0. The van der Waals surface area contributed by atoms with Gasteiger partial charge in [0.25, 0.3) is 5.91 Å². The van der Waals surface area contributed by atoms with Crippen molar-refractivity contribution in [2.24, 2.45) is 11.8 Å². The molecule has 1 heterocycles. The van der Waals surface area contributed by atoms with Gasteiger partial charge in [-0.15, -0.1) is 0 Å². The molecule has 1 fully saturated rings. The molecular weight excluding hydrogens is 422 g/mol. The Morgan fingerprint density at radius 3 is 2.39 bits per heavy atom. The lowest BCUT2D eigenvalue weighted by molar-refractivity contribution is -0.137. The summed E-state index contributed by atoms with van der Waals surface area (Å²) in [5, 5.41) is 16.8. The first-order valence-electron chi connectivity index (χ1n) is 11.6. The maximum absolute atomic E-state index is 13.1. The highest BCUT2D eigenvalue weighted by Gasteiger charge is 2.26. The average Bonchev–Trinajstić information content (AvgIpc) is 3.52. The minimum absolute atomic E-state index is 0.117. The summed E-state index contributed by atoms with van der Waals surface area (Å²) in [6.07, 6.45) is 4.77. The van der Waals surface area contributed by atoms with Gasteiger partial charge in [-0.05, 0) is 49.3 Å². The first kappa shape index (κ1) is 24.6. The van der Waals surface area contributed by atoms with Gasteiger partial charge in [0.05, 0.1) is 31.9 Å². The smallest absolute Gasteiger partial charge is 0.305 e. The van der Waals surface area contributed by atoms with Gasteiger partial charge in [0, 0.05) is 12.6 Å². The molecule has 1 aliphatic rings. The summed E-state index contributed by atoms with van der Waals surface area (Å²) in [7, 11) is 3.20. The largest absolute Gasteiger partial charge is 0.496 e. The topological polar surface area (TPSA) is 103 Å². The number of benzene rings is 1. The fourth-order valence-electron chi connectivity index (χ4n) is 3.94. The highest BCUT2D eigenvalue weighted by atomic mass is 16.5. The third-order valence-electron chi connectivity index (χ3n) is 5.99. The Bertz CT molecular complexity index is 943. The fraction of sp³-hybridized carbons (Fsp3) is 0.560. The summed E-state index contributed by atoms with van der Waals surface area (Å²) in [6, 6.07) is 6.85. The lowest BCUT2D eigenvalue weighted by Gasteiger charge is -2.17. The highest BCUT2D eigenvalue weighted by molar-refractivity contribution is 5.94. The summed E-state index contributed by atoms with van der Waals surface area (Å²) in [4.78, 5) is 24.4. The maximum atomic E-state index is 13.1. The molecule has 1 atom stereocenters. The van der Waals surface area contributed by atoms with Crippen molar-refractivity contribution in [2.75, 3.05) is 14.2 Å². The number of aryl methyl sites for hydroxylation is 1. The Kier molecular flexibility index (Phi) is 8.36. The van der Waals surface area contributed by atoms with Gasteiger partial charge in [-0.25, -0.2) is 0 Å². The molecule has 0 unspecified atom stereocenters. The van der Waals surface area contributed by atoms with Crippen molar-refractivity contribution in [3.8, 4) is 22.8 Å². The van der Waals surface area contributed by atoms with E-state index in [1.807, 2.05) is 22.9 Å². The number of ether oxygens (including phenoxy) is 2. The van der Waals surface area contributed by atoms with Gasteiger partial charge in [0.1, 0.15) is 11.5 Å². The predicted octanol–water partition coefficient (Wildman–Crippen LogP) is 4.38. The minimum atomic E-state index is -0.932. The zero-order valence-electron chi connectivity index (χ0n) is 20.0. The van der Waals surface area contributed by atoms with Crippen molar-refractivity contribution in [3.05, 3.63) is 30.0 Å². The third-order valence-corrected chi connectivity index (χ3v) is 5.99. The van der Waals surface area contributed by atoms with E-state index >= 15 is 0 Å². The molecule has 1 amide bonds. The molecule has 0 radical (unpaired) electrons. The van der Waals surface area contributed by atoms with Crippen LogP contribution in [-0.2, 0) is 11.3 Å². The molecule has 1 saturated carbocycles. The van der Waals surface area contributed by atoms with Crippen molar-refractivity contribution in [2.45, 2.75) is 65.0 Å². The second-order valence-corrected chi connectivity index (χ2v) is 9.15. The van der Waals surface area contributed by atoms with E-state index in [2.05, 4.69) is 24.3 Å². The second-order valence-electron chi connectivity index (χ2n) is 9.15. The number of nitrogens with one attached hydrogen (secondary N) is 1. The van der Waals surface area contributed by atoms with Crippen LogP contribution < -0.4 is 14.8 Å². The summed E-state index contributed by atoms with van der Waals surface area (Å²) in [6.45, 7) is 4.84. The van der Waals surface area contributed by atoms with Gasteiger partial charge in [-0.1, -0.05) is 32.8 Å². The van der Waals surface area contributed by atoms with E-state index in [0.29, 0.717) is 36.3 Å². The first-order valence-corrected chi connectivity index (χ1v) is 11.6. The number of hydrogen-bond acceptors (Lipinski definition) is 5. The Balaban J connectivity index is 1.91. The Hall–Kier alpha value is -3.03. The van der Waals surface area contributed by atoms with Crippen molar-refractivity contribution < 1.29 is 24.2 Å². The van der Waals surface area contributed by atoms with Crippen LogP contribution in [0.2, 0.25) is 0 Å². The molecular formula is C25H35N3O5. The number of nitrogens with zero attached hydrogens (tertiary/aromatic N) is 2. The monoisotopic (exact) mass is 457 g/mol. The fourth-order valence-corrected chi connectivity index (χ4v) is 3.94. The molecule has 0 aliphatic heterocycles. The number of carboxylic acid groups (broad SMARTS) is 1. The number of methoxy groups -OCH3 is 2. The molecule has 0 bridgehead atoms. The SMILES string of the molecule is COc1cccc(OC)c1-c1cc(C(=O)N[C@@H](CCC(C)C)CC(=O)O)nn1CCC1CC1. The van der Waals surface area contributed by atoms with Crippen LogP contribution in [0.15, 0.2) is 24.3 Å².